The van der Waals surface area contributed by atoms with E-state index in [1.54, 1.807) is 0 Å². The van der Waals surface area contributed by atoms with E-state index < -0.39 is 28.8 Å². The summed E-state index contributed by atoms with van der Waals surface area (Å²) in [6.45, 7) is 1.41. The smallest absolute Gasteiger partial charge is 0.198 e. The summed E-state index contributed by atoms with van der Waals surface area (Å²) in [4.78, 5) is 24.8. The molecule has 3 rings (SSSR count). The summed E-state index contributed by atoms with van der Waals surface area (Å²) in [6.07, 6.45) is 0. The molecule has 0 saturated carbocycles. The number of rotatable bonds is 0. The van der Waals surface area contributed by atoms with Gasteiger partial charge in [0.2, 0.25) is 0 Å². The number of fused-ring (bicyclic) bond motifs is 2. The molecule has 0 radical (unpaired) electrons. The Morgan fingerprint density at radius 3 is 2.00 bits per heavy atom. The highest BCUT2D eigenvalue weighted by atomic mass is 16.3. The Kier molecular flexibility index (Phi) is 2.47. The van der Waals surface area contributed by atoms with E-state index >= 15 is 0 Å². The summed E-state index contributed by atoms with van der Waals surface area (Å²) in [6, 6.07) is 3.36. The van der Waals surface area contributed by atoms with E-state index in [4.69, 9.17) is 0 Å². The maximum Gasteiger partial charge on any atom is 0.198 e. The Bertz CT molecular complexity index is 835. The summed E-state index contributed by atoms with van der Waals surface area (Å²) in [5.74, 6) is -3.44. The molecule has 0 saturated heterocycles. The van der Waals surface area contributed by atoms with Gasteiger partial charge >= 0.3 is 0 Å². The van der Waals surface area contributed by atoms with Gasteiger partial charge in [-0.1, -0.05) is 0 Å². The van der Waals surface area contributed by atoms with Gasteiger partial charge in [-0.25, -0.2) is 0 Å². The third kappa shape index (κ3) is 1.53. The maximum atomic E-state index is 12.4. The van der Waals surface area contributed by atoms with Crippen LogP contribution in [0.25, 0.3) is 0 Å². The Morgan fingerprint density at radius 1 is 0.762 bits per heavy atom. The summed E-state index contributed by atoms with van der Waals surface area (Å²) in [7, 11) is 0. The van der Waals surface area contributed by atoms with Crippen LogP contribution in [0.4, 0.5) is 0 Å². The van der Waals surface area contributed by atoms with Crippen LogP contribution in [0.15, 0.2) is 18.2 Å². The van der Waals surface area contributed by atoms with E-state index in [0.29, 0.717) is 0 Å². The summed E-state index contributed by atoms with van der Waals surface area (Å²) >= 11 is 0. The average molecular weight is 286 g/mol. The van der Waals surface area contributed by atoms with Crippen molar-refractivity contribution in [1.29, 1.82) is 0 Å². The van der Waals surface area contributed by atoms with Crippen molar-refractivity contribution in [3.8, 4) is 23.0 Å². The van der Waals surface area contributed by atoms with Crippen molar-refractivity contribution in [2.24, 2.45) is 0 Å². The standard InChI is InChI=1S/C15H10O6/c1-5-9(17)4-7-11(12(5)18)13(19)6-2-3-8(16)15(21)10(6)14(7)20/h2-4,16-18,21H,1H3. The normalized spacial score (nSPS) is 13.0. The fourth-order valence-corrected chi connectivity index (χ4v) is 2.43. The van der Waals surface area contributed by atoms with Gasteiger partial charge < -0.3 is 20.4 Å². The zero-order valence-electron chi connectivity index (χ0n) is 10.8. The van der Waals surface area contributed by atoms with E-state index in [0.717, 1.165) is 12.1 Å². The Morgan fingerprint density at radius 2 is 1.33 bits per heavy atom. The molecular formula is C15H10O6. The third-order valence-corrected chi connectivity index (χ3v) is 3.63. The molecule has 0 amide bonds. The number of hydrogen-bond acceptors (Lipinski definition) is 6. The molecule has 0 spiro atoms. The van der Waals surface area contributed by atoms with Crippen molar-refractivity contribution in [2.75, 3.05) is 0 Å². The lowest BCUT2D eigenvalue weighted by molar-refractivity contribution is 0.0973. The molecule has 106 valence electrons. The molecule has 0 heterocycles. The van der Waals surface area contributed by atoms with Crippen molar-refractivity contribution in [1.82, 2.24) is 0 Å². The Labute approximate surface area is 118 Å². The van der Waals surface area contributed by atoms with Crippen molar-refractivity contribution < 1.29 is 30.0 Å². The van der Waals surface area contributed by atoms with Crippen LogP contribution >= 0.6 is 0 Å². The Hall–Kier alpha value is -3.02. The molecule has 6 heteroatoms. The molecule has 0 fully saturated rings. The quantitative estimate of drug-likeness (QED) is 0.466. The molecule has 0 aliphatic heterocycles. The molecule has 0 unspecified atom stereocenters. The zero-order chi connectivity index (χ0) is 15.5. The topological polar surface area (TPSA) is 115 Å². The highest BCUT2D eigenvalue weighted by molar-refractivity contribution is 6.30. The highest BCUT2D eigenvalue weighted by Gasteiger charge is 2.36. The van der Waals surface area contributed by atoms with Crippen LogP contribution in [-0.4, -0.2) is 32.0 Å². The van der Waals surface area contributed by atoms with Gasteiger partial charge in [-0.15, -0.1) is 0 Å². The number of aromatic hydroxyl groups is 4. The summed E-state index contributed by atoms with van der Waals surface area (Å²) in [5, 5.41) is 39.0. The second kappa shape index (κ2) is 3.99. The largest absolute Gasteiger partial charge is 0.508 e. The number of carbonyl (C=O) groups is 2. The number of phenols is 4. The maximum absolute atomic E-state index is 12.4. The van der Waals surface area contributed by atoms with Crippen molar-refractivity contribution in [2.45, 2.75) is 6.92 Å². The first kappa shape index (κ1) is 13.0. The molecule has 1 aliphatic rings. The van der Waals surface area contributed by atoms with E-state index in [-0.39, 0.29) is 33.6 Å². The van der Waals surface area contributed by atoms with Crippen LogP contribution in [0.2, 0.25) is 0 Å². The van der Waals surface area contributed by atoms with Crippen LogP contribution in [0, 0.1) is 6.92 Å². The molecule has 0 atom stereocenters. The second-order valence-corrected chi connectivity index (χ2v) is 4.81. The minimum Gasteiger partial charge on any atom is -0.508 e. The van der Waals surface area contributed by atoms with Crippen LogP contribution in [0.1, 0.15) is 37.4 Å². The number of benzene rings is 2. The first-order valence-electron chi connectivity index (χ1n) is 6.04. The van der Waals surface area contributed by atoms with Gasteiger partial charge in [-0.3, -0.25) is 9.59 Å². The minimum atomic E-state index is -0.751. The van der Waals surface area contributed by atoms with E-state index in [9.17, 15) is 30.0 Å². The minimum absolute atomic E-state index is 0.0846. The van der Waals surface area contributed by atoms with Gasteiger partial charge in [-0.05, 0) is 25.1 Å². The van der Waals surface area contributed by atoms with Crippen LogP contribution in [0.5, 0.6) is 23.0 Å². The predicted octanol–water partition coefficient (Wildman–Crippen LogP) is 1.59. The fourth-order valence-electron chi connectivity index (χ4n) is 2.43. The molecular weight excluding hydrogens is 276 g/mol. The van der Waals surface area contributed by atoms with Crippen LogP contribution < -0.4 is 0 Å². The van der Waals surface area contributed by atoms with Gasteiger partial charge in [0.25, 0.3) is 0 Å². The Balaban J connectivity index is 2.41. The molecule has 0 aromatic heterocycles. The zero-order valence-corrected chi connectivity index (χ0v) is 10.8. The predicted molar refractivity (Wildman–Crippen MR) is 71.1 cm³/mol. The first-order chi connectivity index (χ1) is 9.84. The van der Waals surface area contributed by atoms with Gasteiger partial charge in [0.1, 0.15) is 11.5 Å². The first-order valence-corrected chi connectivity index (χ1v) is 6.04. The summed E-state index contributed by atoms with van der Waals surface area (Å²) in [5.41, 5.74) is -0.790. The monoisotopic (exact) mass is 286 g/mol. The molecule has 6 nitrogen and oxygen atoms in total. The van der Waals surface area contributed by atoms with Crippen LogP contribution in [-0.2, 0) is 0 Å². The van der Waals surface area contributed by atoms with Crippen molar-refractivity contribution >= 4 is 11.6 Å². The van der Waals surface area contributed by atoms with Gasteiger partial charge in [0.15, 0.2) is 23.1 Å². The molecule has 4 N–H and O–H groups in total. The van der Waals surface area contributed by atoms with Gasteiger partial charge in [0, 0.05) is 16.7 Å². The van der Waals surface area contributed by atoms with Gasteiger partial charge in [-0.2, -0.15) is 0 Å². The van der Waals surface area contributed by atoms with Crippen molar-refractivity contribution in [3.05, 3.63) is 46.0 Å². The van der Waals surface area contributed by atoms with E-state index in [1.807, 2.05) is 0 Å². The van der Waals surface area contributed by atoms with Crippen LogP contribution in [0.3, 0.4) is 0 Å². The number of hydrogen-bond donors (Lipinski definition) is 4. The lowest BCUT2D eigenvalue weighted by Gasteiger charge is -2.20. The highest BCUT2D eigenvalue weighted by Crippen LogP contribution is 2.42. The van der Waals surface area contributed by atoms with Gasteiger partial charge in [0.05, 0.1) is 11.1 Å². The lowest BCUT2D eigenvalue weighted by Crippen LogP contribution is -2.21. The fraction of sp³-hybridized carbons (Fsp3) is 0.0667. The summed E-state index contributed by atoms with van der Waals surface area (Å²) < 4.78 is 0. The number of ketones is 2. The van der Waals surface area contributed by atoms with Crippen molar-refractivity contribution in [3.63, 3.8) is 0 Å². The molecule has 2 aromatic rings. The lowest BCUT2D eigenvalue weighted by atomic mass is 9.82. The molecule has 0 bridgehead atoms. The van der Waals surface area contributed by atoms with E-state index in [1.165, 1.54) is 13.0 Å². The third-order valence-electron chi connectivity index (χ3n) is 3.63. The average Bonchev–Trinajstić information content (AvgIpc) is 2.44. The molecule has 2 aromatic carbocycles. The SMILES string of the molecule is Cc1c(O)cc2c(c1O)C(=O)c1ccc(O)c(O)c1C2=O. The molecule has 21 heavy (non-hydrogen) atoms. The molecule has 1 aliphatic carbocycles. The second-order valence-electron chi connectivity index (χ2n) is 4.81. The number of carbonyl (C=O) groups excluding carboxylic acids is 2. The van der Waals surface area contributed by atoms with E-state index in [2.05, 4.69) is 0 Å². The number of phenolic OH excluding ortho intramolecular Hbond substituents is 4.